The Kier molecular flexibility index (Phi) is 4.61. The van der Waals surface area contributed by atoms with E-state index in [1.165, 1.54) is 25.2 Å². The van der Waals surface area contributed by atoms with Gasteiger partial charge in [0.2, 0.25) is 0 Å². The Balaban J connectivity index is 3.20. The monoisotopic (exact) mass is 253 g/mol. The fourth-order valence-corrected chi connectivity index (χ4v) is 1.55. The van der Waals surface area contributed by atoms with Crippen LogP contribution in [0.3, 0.4) is 0 Å². The standard InChI is InChI=1S/C11H15N3O4/c1-12-11(16)8-3-4-9(13(2)5-6-15)10(7-8)14(17)18/h3-4,7,15H,5-6H2,1-2H3,(H,12,16). The van der Waals surface area contributed by atoms with Gasteiger partial charge in [0.1, 0.15) is 5.69 Å². The number of anilines is 1. The number of hydrogen-bond donors (Lipinski definition) is 2. The van der Waals surface area contributed by atoms with Gasteiger partial charge in [-0.05, 0) is 12.1 Å². The Morgan fingerprint density at radius 1 is 1.56 bits per heavy atom. The summed E-state index contributed by atoms with van der Waals surface area (Å²) in [6.07, 6.45) is 0. The molecular formula is C11H15N3O4. The summed E-state index contributed by atoms with van der Waals surface area (Å²) in [4.78, 5) is 23.4. The fraction of sp³-hybridized carbons (Fsp3) is 0.364. The predicted octanol–water partition coefficient (Wildman–Crippen LogP) is 0.383. The SMILES string of the molecule is CNC(=O)c1ccc(N(C)CCO)c([N+](=O)[O-])c1. The van der Waals surface area contributed by atoms with E-state index >= 15 is 0 Å². The van der Waals surface area contributed by atoms with E-state index in [9.17, 15) is 14.9 Å². The first-order valence-corrected chi connectivity index (χ1v) is 5.33. The Morgan fingerprint density at radius 2 is 2.22 bits per heavy atom. The Morgan fingerprint density at radius 3 is 2.72 bits per heavy atom. The van der Waals surface area contributed by atoms with Crippen LogP contribution in [-0.4, -0.2) is 43.2 Å². The number of amides is 1. The van der Waals surface area contributed by atoms with E-state index in [0.29, 0.717) is 5.69 Å². The maximum atomic E-state index is 11.4. The Hall–Kier alpha value is -2.15. The lowest BCUT2D eigenvalue weighted by Crippen LogP contribution is -2.23. The summed E-state index contributed by atoms with van der Waals surface area (Å²) in [5.41, 5.74) is 0.430. The molecule has 18 heavy (non-hydrogen) atoms. The van der Waals surface area contributed by atoms with E-state index in [-0.39, 0.29) is 30.3 Å². The minimum absolute atomic E-state index is 0.106. The Labute approximate surface area is 104 Å². The van der Waals surface area contributed by atoms with Gasteiger partial charge in [0.25, 0.3) is 11.6 Å². The maximum absolute atomic E-state index is 11.4. The zero-order valence-corrected chi connectivity index (χ0v) is 10.2. The molecule has 0 aliphatic rings. The summed E-state index contributed by atoms with van der Waals surface area (Å²) in [5, 5.41) is 22.2. The van der Waals surface area contributed by atoms with Gasteiger partial charge in [-0.3, -0.25) is 14.9 Å². The smallest absolute Gasteiger partial charge is 0.293 e. The summed E-state index contributed by atoms with van der Waals surface area (Å²) < 4.78 is 0. The van der Waals surface area contributed by atoms with Crippen molar-refractivity contribution in [2.24, 2.45) is 0 Å². The number of nitro groups is 1. The van der Waals surface area contributed by atoms with Gasteiger partial charge in [-0.1, -0.05) is 0 Å². The van der Waals surface area contributed by atoms with Crippen LogP contribution in [0.15, 0.2) is 18.2 Å². The van der Waals surface area contributed by atoms with Gasteiger partial charge in [-0.2, -0.15) is 0 Å². The predicted molar refractivity (Wildman–Crippen MR) is 66.8 cm³/mol. The number of rotatable bonds is 5. The third-order valence-electron chi connectivity index (χ3n) is 2.51. The molecular weight excluding hydrogens is 238 g/mol. The van der Waals surface area contributed by atoms with Crippen LogP contribution in [-0.2, 0) is 0 Å². The number of aliphatic hydroxyl groups excluding tert-OH is 1. The molecule has 7 heteroatoms. The highest BCUT2D eigenvalue weighted by Gasteiger charge is 2.19. The molecule has 0 radical (unpaired) electrons. The van der Waals surface area contributed by atoms with Crippen molar-refractivity contribution in [1.82, 2.24) is 5.32 Å². The normalized spacial score (nSPS) is 9.94. The van der Waals surface area contributed by atoms with Crippen LogP contribution in [0.2, 0.25) is 0 Å². The molecule has 0 aliphatic heterocycles. The van der Waals surface area contributed by atoms with Crippen LogP contribution in [0.4, 0.5) is 11.4 Å². The third-order valence-corrected chi connectivity index (χ3v) is 2.51. The van der Waals surface area contributed by atoms with Crippen molar-refractivity contribution >= 4 is 17.3 Å². The highest BCUT2D eigenvalue weighted by Crippen LogP contribution is 2.28. The average Bonchev–Trinajstić information content (AvgIpc) is 2.37. The molecule has 0 unspecified atom stereocenters. The molecule has 0 saturated heterocycles. The summed E-state index contributed by atoms with van der Waals surface area (Å²) in [5.74, 6) is -0.380. The molecule has 0 heterocycles. The van der Waals surface area contributed by atoms with E-state index in [1.807, 2.05) is 0 Å². The van der Waals surface area contributed by atoms with Crippen molar-refractivity contribution in [1.29, 1.82) is 0 Å². The molecule has 0 saturated carbocycles. The molecule has 0 aromatic heterocycles. The number of aliphatic hydroxyl groups is 1. The van der Waals surface area contributed by atoms with E-state index < -0.39 is 4.92 Å². The minimum atomic E-state index is -0.546. The van der Waals surface area contributed by atoms with Crippen molar-refractivity contribution in [3.8, 4) is 0 Å². The van der Waals surface area contributed by atoms with Crippen molar-refractivity contribution in [3.63, 3.8) is 0 Å². The lowest BCUT2D eigenvalue weighted by atomic mass is 10.1. The highest BCUT2D eigenvalue weighted by molar-refractivity contribution is 5.95. The quantitative estimate of drug-likeness (QED) is 0.584. The molecule has 0 aliphatic carbocycles. The van der Waals surface area contributed by atoms with Gasteiger partial charge in [-0.15, -0.1) is 0 Å². The number of hydrogen-bond acceptors (Lipinski definition) is 5. The van der Waals surface area contributed by atoms with Gasteiger partial charge in [0, 0.05) is 32.3 Å². The number of likely N-dealkylation sites (N-methyl/N-ethyl adjacent to an activating group) is 1. The zero-order valence-electron chi connectivity index (χ0n) is 10.2. The van der Waals surface area contributed by atoms with Crippen LogP contribution < -0.4 is 10.2 Å². The van der Waals surface area contributed by atoms with Gasteiger partial charge in [0.15, 0.2) is 0 Å². The van der Waals surface area contributed by atoms with Gasteiger partial charge in [0.05, 0.1) is 11.5 Å². The molecule has 7 nitrogen and oxygen atoms in total. The molecule has 2 N–H and O–H groups in total. The number of benzene rings is 1. The second kappa shape index (κ2) is 5.97. The molecule has 1 aromatic carbocycles. The first-order valence-electron chi connectivity index (χ1n) is 5.33. The molecule has 1 amide bonds. The summed E-state index contributed by atoms with van der Waals surface area (Å²) >= 11 is 0. The number of carbonyl (C=O) groups excluding carboxylic acids is 1. The molecule has 98 valence electrons. The first kappa shape index (κ1) is 13.9. The summed E-state index contributed by atoms with van der Waals surface area (Å²) in [6.45, 7) is 0.172. The van der Waals surface area contributed by atoms with Crippen molar-refractivity contribution < 1.29 is 14.8 Å². The van der Waals surface area contributed by atoms with E-state index in [0.717, 1.165) is 0 Å². The van der Waals surface area contributed by atoms with Gasteiger partial charge in [-0.25, -0.2) is 0 Å². The van der Waals surface area contributed by atoms with E-state index in [4.69, 9.17) is 5.11 Å². The first-order chi connectivity index (χ1) is 8.51. The van der Waals surface area contributed by atoms with Crippen LogP contribution >= 0.6 is 0 Å². The number of nitrogens with one attached hydrogen (secondary N) is 1. The molecule has 1 rings (SSSR count). The minimum Gasteiger partial charge on any atom is -0.395 e. The fourth-order valence-electron chi connectivity index (χ4n) is 1.55. The van der Waals surface area contributed by atoms with E-state index in [2.05, 4.69) is 5.32 Å². The Bertz CT molecular complexity index is 462. The lowest BCUT2D eigenvalue weighted by Gasteiger charge is -2.18. The van der Waals surface area contributed by atoms with E-state index in [1.54, 1.807) is 11.9 Å². The number of carbonyl (C=O) groups is 1. The van der Waals surface area contributed by atoms with Gasteiger partial charge >= 0.3 is 0 Å². The zero-order chi connectivity index (χ0) is 13.7. The molecule has 0 atom stereocenters. The van der Waals surface area contributed by atoms with Gasteiger partial charge < -0.3 is 15.3 Å². The number of nitro benzene ring substituents is 1. The number of nitrogens with zero attached hydrogens (tertiary/aromatic N) is 2. The maximum Gasteiger partial charge on any atom is 0.293 e. The summed E-state index contributed by atoms with van der Waals surface area (Å²) in [6, 6.07) is 4.23. The van der Waals surface area contributed by atoms with Crippen LogP contribution in [0.5, 0.6) is 0 Å². The molecule has 0 fully saturated rings. The van der Waals surface area contributed by atoms with Crippen molar-refractivity contribution in [2.45, 2.75) is 0 Å². The molecule has 0 spiro atoms. The van der Waals surface area contributed by atoms with Crippen LogP contribution in [0, 0.1) is 10.1 Å². The second-order valence-electron chi connectivity index (χ2n) is 3.68. The largest absolute Gasteiger partial charge is 0.395 e. The highest BCUT2D eigenvalue weighted by atomic mass is 16.6. The topological polar surface area (TPSA) is 95.7 Å². The molecule has 1 aromatic rings. The third kappa shape index (κ3) is 2.95. The van der Waals surface area contributed by atoms with Crippen molar-refractivity contribution in [3.05, 3.63) is 33.9 Å². The lowest BCUT2D eigenvalue weighted by molar-refractivity contribution is -0.384. The molecule has 0 bridgehead atoms. The average molecular weight is 253 g/mol. The van der Waals surface area contributed by atoms with Crippen molar-refractivity contribution in [2.75, 3.05) is 32.1 Å². The second-order valence-corrected chi connectivity index (χ2v) is 3.68. The van der Waals surface area contributed by atoms with Crippen LogP contribution in [0.1, 0.15) is 10.4 Å². The van der Waals surface area contributed by atoms with Crippen LogP contribution in [0.25, 0.3) is 0 Å². The summed E-state index contributed by atoms with van der Waals surface area (Å²) in [7, 11) is 3.10.